The average molecular weight is 452 g/mol. The first-order chi connectivity index (χ1) is 13.3. The van der Waals surface area contributed by atoms with Gasteiger partial charge in [-0.3, -0.25) is 9.63 Å². The third-order valence-corrected chi connectivity index (χ3v) is 4.18. The van der Waals surface area contributed by atoms with Crippen LogP contribution < -0.4 is 5.32 Å². The SMILES string of the molecule is C=CCOC(=O)[C@@H]1CC[C@@H](N(OCc2ccccc2)C(=O)OC(Cl)(Cl)Cl)CN1. The number of hydrogen-bond donors (Lipinski definition) is 1. The van der Waals surface area contributed by atoms with Crippen molar-refractivity contribution in [2.24, 2.45) is 0 Å². The van der Waals surface area contributed by atoms with Gasteiger partial charge in [0.25, 0.3) is 0 Å². The molecule has 2 atom stereocenters. The van der Waals surface area contributed by atoms with E-state index in [4.69, 9.17) is 49.1 Å². The van der Waals surface area contributed by atoms with Crippen molar-refractivity contribution in [1.29, 1.82) is 0 Å². The molecule has 0 bridgehead atoms. The number of esters is 1. The lowest BCUT2D eigenvalue weighted by molar-refractivity contribution is -0.177. The van der Waals surface area contributed by atoms with Crippen LogP contribution in [0.3, 0.4) is 0 Å². The molecule has 1 amide bonds. The molecule has 1 aliphatic rings. The van der Waals surface area contributed by atoms with Gasteiger partial charge < -0.3 is 14.8 Å². The monoisotopic (exact) mass is 450 g/mol. The summed E-state index contributed by atoms with van der Waals surface area (Å²) in [5, 5.41) is 4.07. The fraction of sp³-hybridized carbons (Fsp3) is 0.444. The Hall–Kier alpha value is -1.51. The van der Waals surface area contributed by atoms with Crippen LogP contribution in [0.25, 0.3) is 0 Å². The Balaban J connectivity index is 1.99. The van der Waals surface area contributed by atoms with E-state index in [2.05, 4.69) is 11.9 Å². The minimum absolute atomic E-state index is 0.122. The largest absolute Gasteiger partial charge is 0.460 e. The number of rotatable bonds is 7. The molecule has 10 heteroatoms. The molecule has 0 aromatic heterocycles. The Morgan fingerprint density at radius 1 is 1.25 bits per heavy atom. The number of ether oxygens (including phenoxy) is 2. The first kappa shape index (κ1) is 22.8. The zero-order valence-electron chi connectivity index (χ0n) is 15.0. The van der Waals surface area contributed by atoms with Gasteiger partial charge >= 0.3 is 16.0 Å². The van der Waals surface area contributed by atoms with E-state index in [-0.39, 0.29) is 25.7 Å². The highest BCUT2D eigenvalue weighted by Gasteiger charge is 2.36. The van der Waals surface area contributed by atoms with Crippen molar-refractivity contribution >= 4 is 46.9 Å². The molecular formula is C18H21Cl3N2O5. The van der Waals surface area contributed by atoms with Crippen LogP contribution in [0, 0.1) is 0 Å². The van der Waals surface area contributed by atoms with Crippen LogP contribution in [0.4, 0.5) is 4.79 Å². The molecule has 28 heavy (non-hydrogen) atoms. The van der Waals surface area contributed by atoms with Crippen molar-refractivity contribution in [3.63, 3.8) is 0 Å². The smallest absolute Gasteiger partial charge is 0.437 e. The maximum atomic E-state index is 12.4. The summed E-state index contributed by atoms with van der Waals surface area (Å²) in [6.07, 6.45) is 1.46. The second-order valence-electron chi connectivity index (χ2n) is 6.01. The molecule has 0 saturated carbocycles. The first-order valence-corrected chi connectivity index (χ1v) is 9.70. The molecule has 2 rings (SSSR count). The molecule has 1 fully saturated rings. The number of hydrogen-bond acceptors (Lipinski definition) is 6. The summed E-state index contributed by atoms with van der Waals surface area (Å²) in [6.45, 7) is 4.04. The molecule has 0 aliphatic carbocycles. The van der Waals surface area contributed by atoms with Gasteiger partial charge in [0.15, 0.2) is 0 Å². The van der Waals surface area contributed by atoms with E-state index in [1.807, 2.05) is 30.3 Å². The number of benzene rings is 1. The summed E-state index contributed by atoms with van der Waals surface area (Å²) in [7, 11) is 0. The number of halogens is 3. The van der Waals surface area contributed by atoms with Crippen LogP contribution in [0.5, 0.6) is 0 Å². The summed E-state index contributed by atoms with van der Waals surface area (Å²) in [6, 6.07) is 8.37. The number of nitrogens with zero attached hydrogens (tertiary/aromatic N) is 1. The molecule has 1 saturated heterocycles. The number of nitrogens with one attached hydrogen (secondary N) is 1. The molecule has 1 aromatic rings. The van der Waals surface area contributed by atoms with Crippen LogP contribution >= 0.6 is 34.8 Å². The predicted octanol–water partition coefficient (Wildman–Crippen LogP) is 3.73. The third-order valence-electron chi connectivity index (χ3n) is 3.94. The molecule has 0 spiro atoms. The van der Waals surface area contributed by atoms with E-state index >= 15 is 0 Å². The van der Waals surface area contributed by atoms with Crippen molar-refractivity contribution < 1.29 is 23.9 Å². The highest BCUT2D eigenvalue weighted by molar-refractivity contribution is 6.66. The number of carbonyl (C=O) groups excluding carboxylic acids is 2. The van der Waals surface area contributed by atoms with Crippen molar-refractivity contribution in [1.82, 2.24) is 10.4 Å². The lowest BCUT2D eigenvalue weighted by Crippen LogP contribution is -2.54. The maximum absolute atomic E-state index is 12.4. The second-order valence-corrected chi connectivity index (χ2v) is 8.19. The molecule has 7 nitrogen and oxygen atoms in total. The lowest BCUT2D eigenvalue weighted by Gasteiger charge is -2.35. The highest BCUT2D eigenvalue weighted by atomic mass is 35.6. The maximum Gasteiger partial charge on any atom is 0.437 e. The van der Waals surface area contributed by atoms with Crippen molar-refractivity contribution in [2.75, 3.05) is 13.2 Å². The highest BCUT2D eigenvalue weighted by Crippen LogP contribution is 2.29. The Kier molecular flexibility index (Phi) is 8.85. The van der Waals surface area contributed by atoms with E-state index in [1.165, 1.54) is 6.08 Å². The van der Waals surface area contributed by atoms with Gasteiger partial charge in [0.1, 0.15) is 19.3 Å². The van der Waals surface area contributed by atoms with Crippen LogP contribution in [-0.2, 0) is 25.7 Å². The minimum Gasteiger partial charge on any atom is -0.460 e. The van der Waals surface area contributed by atoms with Gasteiger partial charge in [-0.1, -0.05) is 43.0 Å². The fourth-order valence-corrected chi connectivity index (χ4v) is 2.85. The third kappa shape index (κ3) is 7.48. The summed E-state index contributed by atoms with van der Waals surface area (Å²) in [4.78, 5) is 30.0. The number of amides is 1. The van der Waals surface area contributed by atoms with Gasteiger partial charge in [-0.15, -0.1) is 0 Å². The normalized spacial score (nSPS) is 19.5. The molecule has 1 aliphatic heterocycles. The van der Waals surface area contributed by atoms with Gasteiger partial charge in [-0.25, -0.2) is 4.79 Å². The molecular weight excluding hydrogens is 431 g/mol. The summed E-state index contributed by atoms with van der Waals surface area (Å²) < 4.78 is 7.62. The van der Waals surface area contributed by atoms with Crippen molar-refractivity contribution in [3.8, 4) is 0 Å². The van der Waals surface area contributed by atoms with Gasteiger partial charge in [0.05, 0.1) is 6.04 Å². The van der Waals surface area contributed by atoms with Gasteiger partial charge in [-0.05, 0) is 53.2 Å². The number of carbonyl (C=O) groups is 2. The first-order valence-electron chi connectivity index (χ1n) is 8.57. The topological polar surface area (TPSA) is 77.1 Å². The fourth-order valence-electron chi connectivity index (χ4n) is 2.65. The van der Waals surface area contributed by atoms with Crippen molar-refractivity contribution in [2.45, 2.75) is 35.5 Å². The lowest BCUT2D eigenvalue weighted by atomic mass is 10.0. The average Bonchev–Trinajstić information content (AvgIpc) is 2.66. The Labute approximate surface area is 178 Å². The molecule has 0 radical (unpaired) electrons. The Bertz CT molecular complexity index is 661. The Morgan fingerprint density at radius 3 is 2.54 bits per heavy atom. The summed E-state index contributed by atoms with van der Waals surface area (Å²) in [5.74, 6) is -0.376. The molecule has 1 aromatic carbocycles. The van der Waals surface area contributed by atoms with Gasteiger partial charge in [-0.2, -0.15) is 5.06 Å². The van der Waals surface area contributed by atoms with E-state index in [0.717, 1.165) is 10.6 Å². The summed E-state index contributed by atoms with van der Waals surface area (Å²) >= 11 is 16.7. The van der Waals surface area contributed by atoms with Crippen LogP contribution in [0.2, 0.25) is 0 Å². The number of hydroxylamine groups is 2. The van der Waals surface area contributed by atoms with Gasteiger partial charge in [0.2, 0.25) is 0 Å². The van der Waals surface area contributed by atoms with Crippen LogP contribution in [0.15, 0.2) is 43.0 Å². The Morgan fingerprint density at radius 2 is 1.96 bits per heavy atom. The minimum atomic E-state index is -2.22. The molecule has 1 N–H and O–H groups in total. The number of piperidine rings is 1. The van der Waals surface area contributed by atoms with E-state index in [0.29, 0.717) is 12.8 Å². The van der Waals surface area contributed by atoms with E-state index in [1.54, 1.807) is 0 Å². The quantitative estimate of drug-likeness (QED) is 0.295. The van der Waals surface area contributed by atoms with Crippen molar-refractivity contribution in [3.05, 3.63) is 48.6 Å². The molecule has 0 unspecified atom stereocenters. The molecule has 1 heterocycles. The van der Waals surface area contributed by atoms with Gasteiger partial charge in [0, 0.05) is 6.54 Å². The van der Waals surface area contributed by atoms with E-state index < -0.39 is 22.2 Å². The van der Waals surface area contributed by atoms with Crippen LogP contribution in [-0.4, -0.2) is 46.3 Å². The summed E-state index contributed by atoms with van der Waals surface area (Å²) in [5.41, 5.74) is 0.851. The second kappa shape index (κ2) is 10.9. The van der Waals surface area contributed by atoms with Crippen LogP contribution in [0.1, 0.15) is 18.4 Å². The van der Waals surface area contributed by atoms with E-state index in [9.17, 15) is 9.59 Å². The molecule has 154 valence electrons. The standard InChI is InChI=1S/C18H21Cl3N2O5/c1-2-10-26-16(24)15-9-8-14(11-22-15)23(17(25)28-18(19,20)21)27-12-13-6-4-3-5-7-13/h2-7,14-15,22H,1,8-12H2/t14-,15+/m1/s1. The zero-order valence-corrected chi connectivity index (χ0v) is 17.3. The predicted molar refractivity (Wildman–Crippen MR) is 106 cm³/mol. The number of alkyl halides is 3. The zero-order chi connectivity index (χ0) is 20.6.